The Hall–Kier alpha value is -3.68. The molecule has 130 valence electrons. The number of nitrogens with zero attached hydrogens (tertiary/aromatic N) is 4. The Kier molecular flexibility index (Phi) is 4.06. The SMILES string of the molecule is Cc1ccnn1-c1ccc(C(=O)OCc2nnc(-c3ccco3)o2)cc1. The molecule has 0 fully saturated rings. The molecule has 3 heterocycles. The second kappa shape index (κ2) is 6.67. The third-order valence-electron chi connectivity index (χ3n) is 3.71. The van der Waals surface area contributed by atoms with E-state index in [4.69, 9.17) is 13.6 Å². The van der Waals surface area contributed by atoms with E-state index in [2.05, 4.69) is 15.3 Å². The number of carbonyl (C=O) groups is 1. The fraction of sp³-hybridized carbons (Fsp3) is 0.111. The molecule has 4 rings (SSSR count). The summed E-state index contributed by atoms with van der Waals surface area (Å²) >= 11 is 0. The Labute approximate surface area is 148 Å². The first-order valence-electron chi connectivity index (χ1n) is 7.85. The Balaban J connectivity index is 1.40. The maximum Gasteiger partial charge on any atom is 0.338 e. The van der Waals surface area contributed by atoms with Crippen LogP contribution in [0.1, 0.15) is 21.9 Å². The molecule has 4 aromatic rings. The summed E-state index contributed by atoms with van der Waals surface area (Å²) in [7, 11) is 0. The van der Waals surface area contributed by atoms with Crippen LogP contribution >= 0.6 is 0 Å². The van der Waals surface area contributed by atoms with Crippen molar-refractivity contribution in [1.82, 2.24) is 20.0 Å². The van der Waals surface area contributed by atoms with Gasteiger partial charge in [0, 0.05) is 11.9 Å². The molecular weight excluding hydrogens is 336 g/mol. The van der Waals surface area contributed by atoms with Crippen LogP contribution in [0, 0.1) is 6.92 Å². The summed E-state index contributed by atoms with van der Waals surface area (Å²) in [6.07, 6.45) is 3.23. The second-order valence-corrected chi connectivity index (χ2v) is 5.49. The minimum atomic E-state index is -0.480. The third-order valence-corrected chi connectivity index (χ3v) is 3.71. The number of aryl methyl sites for hydroxylation is 1. The van der Waals surface area contributed by atoms with Crippen LogP contribution in [-0.4, -0.2) is 25.9 Å². The summed E-state index contributed by atoms with van der Waals surface area (Å²) in [5, 5.41) is 11.9. The smallest absolute Gasteiger partial charge is 0.338 e. The van der Waals surface area contributed by atoms with Gasteiger partial charge in [-0.3, -0.25) is 0 Å². The van der Waals surface area contributed by atoms with Crippen molar-refractivity contribution < 1.29 is 18.4 Å². The Morgan fingerprint density at radius 1 is 1.15 bits per heavy atom. The molecule has 0 unspecified atom stereocenters. The highest BCUT2D eigenvalue weighted by Gasteiger charge is 2.14. The number of rotatable bonds is 5. The molecule has 0 amide bonds. The highest BCUT2D eigenvalue weighted by molar-refractivity contribution is 5.89. The van der Waals surface area contributed by atoms with Crippen molar-refractivity contribution in [2.45, 2.75) is 13.5 Å². The van der Waals surface area contributed by atoms with Gasteiger partial charge in [0.1, 0.15) is 0 Å². The molecule has 0 radical (unpaired) electrons. The summed E-state index contributed by atoms with van der Waals surface area (Å²) in [6.45, 7) is 1.84. The fourth-order valence-electron chi connectivity index (χ4n) is 2.40. The summed E-state index contributed by atoms with van der Waals surface area (Å²) < 4.78 is 17.6. The molecule has 26 heavy (non-hydrogen) atoms. The molecule has 8 nitrogen and oxygen atoms in total. The molecule has 0 aliphatic carbocycles. The lowest BCUT2D eigenvalue weighted by Gasteiger charge is -2.06. The van der Waals surface area contributed by atoms with Crippen LogP contribution in [0.25, 0.3) is 17.3 Å². The third kappa shape index (κ3) is 3.12. The van der Waals surface area contributed by atoms with Crippen LogP contribution in [0.3, 0.4) is 0 Å². The highest BCUT2D eigenvalue weighted by Crippen LogP contribution is 2.18. The molecule has 0 aliphatic rings. The monoisotopic (exact) mass is 350 g/mol. The molecule has 0 atom stereocenters. The fourth-order valence-corrected chi connectivity index (χ4v) is 2.40. The van der Waals surface area contributed by atoms with E-state index in [1.54, 1.807) is 47.3 Å². The minimum absolute atomic E-state index is 0.118. The number of benzene rings is 1. The first-order valence-corrected chi connectivity index (χ1v) is 7.85. The van der Waals surface area contributed by atoms with Gasteiger partial charge in [-0.1, -0.05) is 0 Å². The Morgan fingerprint density at radius 3 is 2.69 bits per heavy atom. The number of esters is 1. The van der Waals surface area contributed by atoms with Gasteiger partial charge in [-0.05, 0) is 49.4 Å². The van der Waals surface area contributed by atoms with Gasteiger partial charge in [0.25, 0.3) is 11.8 Å². The topological polar surface area (TPSA) is 96.2 Å². The van der Waals surface area contributed by atoms with E-state index in [1.165, 1.54) is 6.26 Å². The molecule has 0 saturated carbocycles. The number of aromatic nitrogens is 4. The van der Waals surface area contributed by atoms with Gasteiger partial charge >= 0.3 is 5.97 Å². The Morgan fingerprint density at radius 2 is 2.00 bits per heavy atom. The largest absolute Gasteiger partial charge is 0.459 e. The standard InChI is InChI=1S/C18H14N4O4/c1-12-8-9-19-22(12)14-6-4-13(5-7-14)18(23)25-11-16-20-21-17(26-16)15-3-2-10-24-15/h2-10H,11H2,1H3. The zero-order valence-corrected chi connectivity index (χ0v) is 13.8. The highest BCUT2D eigenvalue weighted by atomic mass is 16.5. The van der Waals surface area contributed by atoms with Crippen molar-refractivity contribution in [1.29, 1.82) is 0 Å². The van der Waals surface area contributed by atoms with E-state index in [0.717, 1.165) is 11.4 Å². The maximum atomic E-state index is 12.2. The summed E-state index contributed by atoms with van der Waals surface area (Å²) in [4.78, 5) is 12.2. The number of hydrogen-bond acceptors (Lipinski definition) is 7. The molecule has 0 spiro atoms. The van der Waals surface area contributed by atoms with Crippen molar-refractivity contribution in [3.05, 3.63) is 72.1 Å². The first kappa shape index (κ1) is 15.8. The van der Waals surface area contributed by atoms with Crippen LogP contribution in [0.4, 0.5) is 0 Å². The van der Waals surface area contributed by atoms with E-state index < -0.39 is 5.97 Å². The Bertz CT molecular complexity index is 1020. The molecule has 0 saturated heterocycles. The summed E-state index contributed by atoms with van der Waals surface area (Å²) in [5.41, 5.74) is 2.29. The van der Waals surface area contributed by atoms with Crippen molar-refractivity contribution in [3.63, 3.8) is 0 Å². The summed E-state index contributed by atoms with van der Waals surface area (Å²) in [5.74, 6) is 0.402. The molecule has 0 N–H and O–H groups in total. The van der Waals surface area contributed by atoms with E-state index >= 15 is 0 Å². The molecule has 1 aromatic carbocycles. The first-order chi connectivity index (χ1) is 12.7. The average molecular weight is 350 g/mol. The van der Waals surface area contributed by atoms with E-state index in [1.807, 2.05) is 13.0 Å². The molecular formula is C18H14N4O4. The zero-order chi connectivity index (χ0) is 17.9. The predicted molar refractivity (Wildman–Crippen MR) is 89.4 cm³/mol. The average Bonchev–Trinajstić information content (AvgIpc) is 3.41. The van der Waals surface area contributed by atoms with E-state index in [0.29, 0.717) is 11.3 Å². The lowest BCUT2D eigenvalue weighted by molar-refractivity contribution is 0.0438. The number of ether oxygens (including phenoxy) is 1. The van der Waals surface area contributed by atoms with Crippen molar-refractivity contribution in [2.75, 3.05) is 0 Å². The molecule has 8 heteroatoms. The normalized spacial score (nSPS) is 10.8. The second-order valence-electron chi connectivity index (χ2n) is 5.49. The zero-order valence-electron chi connectivity index (χ0n) is 13.8. The van der Waals surface area contributed by atoms with Crippen molar-refractivity contribution >= 4 is 5.97 Å². The van der Waals surface area contributed by atoms with E-state index in [-0.39, 0.29) is 18.4 Å². The van der Waals surface area contributed by atoms with Gasteiger partial charge in [0.2, 0.25) is 0 Å². The van der Waals surface area contributed by atoms with Gasteiger partial charge in [-0.15, -0.1) is 10.2 Å². The lowest BCUT2D eigenvalue weighted by Crippen LogP contribution is -2.06. The van der Waals surface area contributed by atoms with Crippen LogP contribution in [-0.2, 0) is 11.3 Å². The van der Waals surface area contributed by atoms with Crippen molar-refractivity contribution in [2.24, 2.45) is 0 Å². The van der Waals surface area contributed by atoms with Crippen molar-refractivity contribution in [3.8, 4) is 17.3 Å². The lowest BCUT2D eigenvalue weighted by atomic mass is 10.2. The quantitative estimate of drug-likeness (QED) is 0.510. The van der Waals surface area contributed by atoms with Gasteiger partial charge < -0.3 is 13.6 Å². The van der Waals surface area contributed by atoms with Crippen LogP contribution in [0.2, 0.25) is 0 Å². The predicted octanol–water partition coefficient (Wildman–Crippen LogP) is 3.18. The molecule has 0 aliphatic heterocycles. The van der Waals surface area contributed by atoms with Gasteiger partial charge in [0.15, 0.2) is 12.4 Å². The molecule has 3 aromatic heterocycles. The maximum absolute atomic E-state index is 12.2. The minimum Gasteiger partial charge on any atom is -0.459 e. The number of furan rings is 1. The summed E-state index contributed by atoms with van der Waals surface area (Å²) in [6, 6.07) is 12.3. The van der Waals surface area contributed by atoms with Gasteiger partial charge in [-0.25, -0.2) is 9.48 Å². The van der Waals surface area contributed by atoms with Crippen LogP contribution in [0.5, 0.6) is 0 Å². The van der Waals surface area contributed by atoms with Crippen LogP contribution < -0.4 is 0 Å². The number of hydrogen-bond donors (Lipinski definition) is 0. The van der Waals surface area contributed by atoms with Gasteiger partial charge in [-0.2, -0.15) is 5.10 Å². The van der Waals surface area contributed by atoms with E-state index in [9.17, 15) is 4.79 Å². The number of carbonyl (C=O) groups excluding carboxylic acids is 1. The molecule has 0 bridgehead atoms. The van der Waals surface area contributed by atoms with Crippen LogP contribution in [0.15, 0.2) is 63.8 Å². The van der Waals surface area contributed by atoms with Gasteiger partial charge in [0.05, 0.1) is 17.5 Å².